The van der Waals surface area contributed by atoms with Gasteiger partial charge >= 0.3 is 0 Å². The Hall–Kier alpha value is -4.28. The molecule has 2 saturated heterocycles. The molecule has 2 aromatic carbocycles. The van der Waals surface area contributed by atoms with Crippen molar-refractivity contribution in [3.63, 3.8) is 0 Å². The van der Waals surface area contributed by atoms with Gasteiger partial charge in [-0.25, -0.2) is 9.97 Å². The van der Waals surface area contributed by atoms with Crippen LogP contribution in [0, 0.1) is 5.41 Å². The van der Waals surface area contributed by atoms with E-state index in [1.807, 2.05) is 65.6 Å². The third-order valence-corrected chi connectivity index (χ3v) is 7.27. The standard InChI is InChI=1S/C30H35N7O3/c1-36(23-14-17-39-19-23)15-5-8-26(38)37-16-13-22(18-37)35-30-27(29(32)33-20-34-30)28(31)21-9-11-25(12-10-21)40-24-6-3-2-4-7-24/h2-12,20,22-23,31H,13-19H2,1H3,(H3,32,33,34,35)/b8-5+,31-28?. The monoisotopic (exact) mass is 541 g/mol. The van der Waals surface area contributed by atoms with Crippen molar-refractivity contribution in [2.75, 3.05) is 50.9 Å². The van der Waals surface area contributed by atoms with E-state index in [9.17, 15) is 4.79 Å². The number of nitrogens with one attached hydrogen (secondary N) is 2. The molecule has 3 heterocycles. The average molecular weight is 542 g/mol. The molecule has 0 aliphatic carbocycles. The van der Waals surface area contributed by atoms with E-state index < -0.39 is 0 Å². The molecule has 208 valence electrons. The number of para-hydroxylation sites is 1. The molecule has 1 amide bonds. The first-order chi connectivity index (χ1) is 19.5. The third kappa shape index (κ3) is 6.64. The highest BCUT2D eigenvalue weighted by Crippen LogP contribution is 2.26. The van der Waals surface area contributed by atoms with E-state index in [2.05, 4.69) is 27.2 Å². The van der Waals surface area contributed by atoms with Gasteiger partial charge in [0.1, 0.15) is 29.5 Å². The van der Waals surface area contributed by atoms with E-state index in [0.29, 0.717) is 48.4 Å². The summed E-state index contributed by atoms with van der Waals surface area (Å²) in [6.07, 6.45) is 6.75. The zero-order valence-electron chi connectivity index (χ0n) is 22.6. The van der Waals surface area contributed by atoms with Gasteiger partial charge in [-0.3, -0.25) is 15.1 Å². The fourth-order valence-corrected chi connectivity index (χ4v) is 4.93. The van der Waals surface area contributed by atoms with Gasteiger partial charge < -0.3 is 25.4 Å². The molecule has 1 aromatic heterocycles. The molecule has 40 heavy (non-hydrogen) atoms. The Kier molecular flexibility index (Phi) is 8.68. The van der Waals surface area contributed by atoms with E-state index in [4.69, 9.17) is 20.6 Å². The summed E-state index contributed by atoms with van der Waals surface area (Å²) >= 11 is 0. The van der Waals surface area contributed by atoms with Gasteiger partial charge in [0, 0.05) is 50.0 Å². The number of anilines is 2. The molecular formula is C30H35N7O3. The Morgan fingerprint density at radius 1 is 1.18 bits per heavy atom. The highest BCUT2D eigenvalue weighted by atomic mass is 16.5. The van der Waals surface area contributed by atoms with Crippen molar-refractivity contribution in [1.82, 2.24) is 19.8 Å². The summed E-state index contributed by atoms with van der Waals surface area (Å²) in [4.78, 5) is 25.4. The second-order valence-corrected chi connectivity index (χ2v) is 10.1. The molecule has 2 fully saturated rings. The smallest absolute Gasteiger partial charge is 0.246 e. The maximum atomic E-state index is 12.8. The summed E-state index contributed by atoms with van der Waals surface area (Å²) in [5.74, 6) is 2.11. The van der Waals surface area contributed by atoms with Crippen molar-refractivity contribution in [2.45, 2.75) is 24.9 Å². The highest BCUT2D eigenvalue weighted by molar-refractivity contribution is 6.16. The number of carbonyl (C=O) groups is 1. The number of nitrogen functional groups attached to an aromatic ring is 1. The number of nitrogens with two attached hydrogens (primary N) is 1. The second kappa shape index (κ2) is 12.7. The fraction of sp³-hybridized carbons (Fsp3) is 0.333. The molecule has 2 atom stereocenters. The number of nitrogens with zero attached hydrogens (tertiary/aromatic N) is 4. The first-order valence-electron chi connectivity index (χ1n) is 13.5. The van der Waals surface area contributed by atoms with Crippen LogP contribution in [0.15, 0.2) is 73.1 Å². The van der Waals surface area contributed by atoms with Crippen LogP contribution in [0.4, 0.5) is 11.6 Å². The minimum absolute atomic E-state index is 0.00616. The van der Waals surface area contributed by atoms with Crippen molar-refractivity contribution in [3.8, 4) is 11.5 Å². The minimum Gasteiger partial charge on any atom is -0.457 e. The molecule has 10 heteroatoms. The molecule has 2 aliphatic rings. The number of amides is 1. The van der Waals surface area contributed by atoms with Crippen LogP contribution in [0.3, 0.4) is 0 Å². The minimum atomic E-state index is -0.0156. The van der Waals surface area contributed by atoms with Crippen LogP contribution in [0.5, 0.6) is 11.5 Å². The SMILES string of the molecule is CN(C/C=C/C(=O)N1CCC(Nc2ncnc(N)c2C(=N)c2ccc(Oc3ccccc3)cc2)C1)C1CCOC1. The van der Waals surface area contributed by atoms with Crippen LogP contribution in [0.1, 0.15) is 24.0 Å². The number of hydrogen-bond acceptors (Lipinski definition) is 9. The maximum Gasteiger partial charge on any atom is 0.246 e. The number of aromatic nitrogens is 2. The van der Waals surface area contributed by atoms with Gasteiger partial charge in [0.05, 0.1) is 17.9 Å². The number of ether oxygens (including phenoxy) is 2. The van der Waals surface area contributed by atoms with Crippen LogP contribution < -0.4 is 15.8 Å². The number of carbonyl (C=O) groups excluding carboxylic acids is 1. The van der Waals surface area contributed by atoms with Crippen LogP contribution in [-0.2, 0) is 9.53 Å². The molecule has 0 bridgehead atoms. The predicted molar refractivity (Wildman–Crippen MR) is 155 cm³/mol. The molecule has 2 aliphatic heterocycles. The quantitative estimate of drug-likeness (QED) is 0.262. The van der Waals surface area contributed by atoms with Crippen LogP contribution >= 0.6 is 0 Å². The summed E-state index contributed by atoms with van der Waals surface area (Å²) in [6.45, 7) is 3.44. The molecule has 0 radical (unpaired) electrons. The maximum absolute atomic E-state index is 12.8. The number of rotatable bonds is 10. The summed E-state index contributed by atoms with van der Waals surface area (Å²) in [5, 5.41) is 12.3. The van der Waals surface area contributed by atoms with Crippen LogP contribution in [0.25, 0.3) is 0 Å². The lowest BCUT2D eigenvalue weighted by Gasteiger charge is -2.21. The number of likely N-dealkylation sites (tertiary alicyclic amines) is 1. The second-order valence-electron chi connectivity index (χ2n) is 10.1. The van der Waals surface area contributed by atoms with E-state index in [-0.39, 0.29) is 23.5 Å². The third-order valence-electron chi connectivity index (χ3n) is 7.27. The first kappa shape index (κ1) is 27.3. The van der Waals surface area contributed by atoms with Gasteiger partial charge in [0.2, 0.25) is 5.91 Å². The lowest BCUT2D eigenvalue weighted by atomic mass is 10.0. The van der Waals surface area contributed by atoms with Crippen LogP contribution in [-0.4, -0.2) is 83.4 Å². The Labute approximate surface area is 234 Å². The molecule has 10 nitrogen and oxygen atoms in total. The number of benzene rings is 2. The molecule has 5 rings (SSSR count). The van der Waals surface area contributed by atoms with Gasteiger partial charge in [0.15, 0.2) is 0 Å². The van der Waals surface area contributed by atoms with Crippen molar-refractivity contribution in [2.24, 2.45) is 0 Å². The molecule has 4 N–H and O–H groups in total. The Morgan fingerprint density at radius 3 is 2.70 bits per heavy atom. The van der Waals surface area contributed by atoms with Gasteiger partial charge in [-0.1, -0.05) is 24.3 Å². The Balaban J connectivity index is 1.19. The van der Waals surface area contributed by atoms with Crippen molar-refractivity contribution >= 4 is 23.3 Å². The average Bonchev–Trinajstić information content (AvgIpc) is 3.67. The molecule has 2 unspecified atom stereocenters. The summed E-state index contributed by atoms with van der Waals surface area (Å²) in [5.41, 5.74) is 7.52. The van der Waals surface area contributed by atoms with Crippen molar-refractivity contribution in [1.29, 1.82) is 5.41 Å². The van der Waals surface area contributed by atoms with Gasteiger partial charge in [-0.2, -0.15) is 0 Å². The van der Waals surface area contributed by atoms with E-state index in [1.165, 1.54) is 6.33 Å². The zero-order valence-corrected chi connectivity index (χ0v) is 22.6. The summed E-state index contributed by atoms with van der Waals surface area (Å²) < 4.78 is 11.3. The normalized spacial score (nSPS) is 18.9. The van der Waals surface area contributed by atoms with Crippen molar-refractivity contribution in [3.05, 3.63) is 84.2 Å². The van der Waals surface area contributed by atoms with E-state index in [1.54, 1.807) is 6.08 Å². The van der Waals surface area contributed by atoms with Crippen molar-refractivity contribution < 1.29 is 14.3 Å². The summed E-state index contributed by atoms with van der Waals surface area (Å²) in [6, 6.07) is 17.2. The van der Waals surface area contributed by atoms with Gasteiger partial charge in [-0.05, 0) is 56.3 Å². The summed E-state index contributed by atoms with van der Waals surface area (Å²) in [7, 11) is 2.05. The Morgan fingerprint density at radius 2 is 1.95 bits per heavy atom. The van der Waals surface area contributed by atoms with Crippen LogP contribution in [0.2, 0.25) is 0 Å². The number of likely N-dealkylation sites (N-methyl/N-ethyl adjacent to an activating group) is 1. The van der Waals surface area contributed by atoms with Gasteiger partial charge in [-0.15, -0.1) is 0 Å². The molecular weight excluding hydrogens is 506 g/mol. The zero-order chi connectivity index (χ0) is 27.9. The molecule has 0 spiro atoms. The van der Waals surface area contributed by atoms with E-state index >= 15 is 0 Å². The largest absolute Gasteiger partial charge is 0.457 e. The Bertz CT molecular complexity index is 1340. The molecule has 0 saturated carbocycles. The first-order valence-corrected chi connectivity index (χ1v) is 13.5. The fourth-order valence-electron chi connectivity index (χ4n) is 4.93. The molecule has 3 aromatic rings. The lowest BCUT2D eigenvalue weighted by Crippen LogP contribution is -2.33. The lowest BCUT2D eigenvalue weighted by molar-refractivity contribution is -0.125. The topological polar surface area (TPSA) is 130 Å². The number of hydrogen-bond donors (Lipinski definition) is 3. The predicted octanol–water partition coefficient (Wildman–Crippen LogP) is 3.56. The highest BCUT2D eigenvalue weighted by Gasteiger charge is 2.27. The van der Waals surface area contributed by atoms with Gasteiger partial charge in [0.25, 0.3) is 0 Å². The van der Waals surface area contributed by atoms with E-state index in [0.717, 1.165) is 31.8 Å².